The van der Waals surface area contributed by atoms with Gasteiger partial charge in [0.25, 0.3) is 5.91 Å². The number of nitrogens with one attached hydrogen (secondary N) is 1. The lowest BCUT2D eigenvalue weighted by Crippen LogP contribution is -2.43. The minimum atomic E-state index is -4.42. The van der Waals surface area contributed by atoms with Crippen molar-refractivity contribution >= 4 is 17.4 Å². The van der Waals surface area contributed by atoms with Gasteiger partial charge < -0.3 is 15.1 Å². The first-order valence-electron chi connectivity index (χ1n) is 10.8. The number of piperazine rings is 1. The molecule has 4 heterocycles. The Kier molecular flexibility index (Phi) is 5.32. The molecule has 2 aromatic heterocycles. The Morgan fingerprint density at radius 3 is 2.52 bits per heavy atom. The number of fused-ring (bicyclic) bond motifs is 1. The summed E-state index contributed by atoms with van der Waals surface area (Å²) in [6.45, 7) is 5.71. The maximum Gasteiger partial charge on any atom is 0.416 e. The van der Waals surface area contributed by atoms with Crippen LogP contribution in [0.3, 0.4) is 0 Å². The van der Waals surface area contributed by atoms with E-state index in [4.69, 9.17) is 0 Å². The highest BCUT2D eigenvalue weighted by Crippen LogP contribution is 2.35. The lowest BCUT2D eigenvalue weighted by atomic mass is 10.0. The fourth-order valence-electron chi connectivity index (χ4n) is 4.38. The van der Waals surface area contributed by atoms with Crippen LogP contribution in [-0.2, 0) is 6.18 Å². The third-order valence-electron chi connectivity index (χ3n) is 6.11. The molecule has 7 nitrogen and oxygen atoms in total. The van der Waals surface area contributed by atoms with Gasteiger partial charge in [0, 0.05) is 50.2 Å². The van der Waals surface area contributed by atoms with Gasteiger partial charge in [-0.1, -0.05) is 0 Å². The Bertz CT molecular complexity index is 1170. The third-order valence-corrected chi connectivity index (χ3v) is 6.11. The van der Waals surface area contributed by atoms with Crippen molar-refractivity contribution in [3.63, 3.8) is 0 Å². The lowest BCUT2D eigenvalue weighted by Gasteiger charge is -2.32. The van der Waals surface area contributed by atoms with Crippen molar-refractivity contribution in [2.24, 2.45) is 0 Å². The number of aromatic nitrogens is 3. The van der Waals surface area contributed by atoms with Crippen LogP contribution in [0.2, 0.25) is 0 Å². The fourth-order valence-corrected chi connectivity index (χ4v) is 4.38. The van der Waals surface area contributed by atoms with Crippen LogP contribution in [0, 0.1) is 0 Å². The molecule has 2 aliphatic rings. The van der Waals surface area contributed by atoms with Crippen LogP contribution in [0.15, 0.2) is 48.8 Å². The molecule has 0 aliphatic carbocycles. The number of amides is 1. The quantitative estimate of drug-likeness (QED) is 0.653. The smallest absolute Gasteiger partial charge is 0.354 e. The van der Waals surface area contributed by atoms with Crippen molar-refractivity contribution < 1.29 is 18.0 Å². The van der Waals surface area contributed by atoms with Crippen molar-refractivity contribution in [3.05, 3.63) is 60.0 Å². The molecular weight excluding hydrogens is 433 g/mol. The van der Waals surface area contributed by atoms with E-state index in [1.54, 1.807) is 17.1 Å². The van der Waals surface area contributed by atoms with Crippen LogP contribution in [0.5, 0.6) is 0 Å². The van der Waals surface area contributed by atoms with Gasteiger partial charge in [-0.2, -0.15) is 18.3 Å². The van der Waals surface area contributed by atoms with Crippen molar-refractivity contribution in [1.29, 1.82) is 0 Å². The van der Waals surface area contributed by atoms with E-state index in [2.05, 4.69) is 20.3 Å². The average molecular weight is 456 g/mol. The first-order valence-corrected chi connectivity index (χ1v) is 10.8. The highest BCUT2D eigenvalue weighted by molar-refractivity contribution is 6.09. The number of nitrogens with zero attached hydrogens (tertiary/aromatic N) is 5. The van der Waals surface area contributed by atoms with Crippen LogP contribution in [0.25, 0.3) is 11.1 Å². The summed E-state index contributed by atoms with van der Waals surface area (Å²) < 4.78 is 40.6. The number of carbonyl (C=O) groups excluding carboxylic acids is 1. The SMILES string of the molecule is C[C@H]1CN(c2ccc(C(F)(F)F)cc2)C(=O)c2c(-c3ccnc(N4CCNCC4)c3)cnn21. The maximum absolute atomic E-state index is 13.5. The highest BCUT2D eigenvalue weighted by atomic mass is 19.4. The summed E-state index contributed by atoms with van der Waals surface area (Å²) in [4.78, 5) is 21.7. The normalized spacial score (nSPS) is 19.0. The Morgan fingerprint density at radius 2 is 1.82 bits per heavy atom. The average Bonchev–Trinajstić information content (AvgIpc) is 3.28. The first kappa shape index (κ1) is 21.4. The fraction of sp³-hybridized carbons (Fsp3) is 0.348. The van der Waals surface area contributed by atoms with Crippen molar-refractivity contribution in [1.82, 2.24) is 20.1 Å². The zero-order valence-corrected chi connectivity index (χ0v) is 18.0. The van der Waals surface area contributed by atoms with Gasteiger partial charge >= 0.3 is 6.18 Å². The molecule has 0 bridgehead atoms. The zero-order chi connectivity index (χ0) is 23.2. The Hall–Kier alpha value is -3.40. The van der Waals surface area contributed by atoms with E-state index >= 15 is 0 Å². The molecule has 5 rings (SSSR count). The molecule has 0 saturated carbocycles. The number of pyridine rings is 1. The molecule has 0 radical (unpaired) electrons. The predicted octanol–water partition coefficient (Wildman–Crippen LogP) is 3.59. The minimum absolute atomic E-state index is 0.136. The van der Waals surface area contributed by atoms with Gasteiger partial charge in [0.1, 0.15) is 11.5 Å². The minimum Gasteiger partial charge on any atom is -0.354 e. The molecular formula is C23H23F3N6O. The number of hydrogen-bond acceptors (Lipinski definition) is 5. The molecule has 1 N–H and O–H groups in total. The predicted molar refractivity (Wildman–Crippen MR) is 118 cm³/mol. The van der Waals surface area contributed by atoms with Gasteiger partial charge in [0.15, 0.2) is 0 Å². The van der Waals surface area contributed by atoms with Crippen LogP contribution in [0.1, 0.15) is 29.0 Å². The second kappa shape index (κ2) is 8.18. The summed E-state index contributed by atoms with van der Waals surface area (Å²) >= 11 is 0. The van der Waals surface area contributed by atoms with Gasteiger partial charge in [-0.15, -0.1) is 0 Å². The number of hydrogen-bond donors (Lipinski definition) is 1. The first-order chi connectivity index (χ1) is 15.8. The van der Waals surface area contributed by atoms with E-state index in [1.807, 2.05) is 19.1 Å². The van der Waals surface area contributed by atoms with Crippen LogP contribution in [-0.4, -0.2) is 53.4 Å². The van der Waals surface area contributed by atoms with Gasteiger partial charge in [-0.05, 0) is 48.9 Å². The molecule has 1 saturated heterocycles. The van der Waals surface area contributed by atoms with Gasteiger partial charge in [-0.3, -0.25) is 9.48 Å². The van der Waals surface area contributed by atoms with E-state index in [0.717, 1.165) is 49.7 Å². The molecule has 1 fully saturated rings. The van der Waals surface area contributed by atoms with Gasteiger partial charge in [-0.25, -0.2) is 4.98 Å². The summed E-state index contributed by atoms with van der Waals surface area (Å²) in [6.07, 6.45) is -1.02. The number of rotatable bonds is 3. The van der Waals surface area contributed by atoms with Gasteiger partial charge in [0.2, 0.25) is 0 Å². The largest absolute Gasteiger partial charge is 0.416 e. The Labute approximate surface area is 188 Å². The maximum atomic E-state index is 13.5. The monoisotopic (exact) mass is 456 g/mol. The summed E-state index contributed by atoms with van der Waals surface area (Å²) in [5.74, 6) is 0.547. The third kappa shape index (κ3) is 3.95. The second-order valence-electron chi connectivity index (χ2n) is 8.30. The van der Waals surface area contributed by atoms with Crippen molar-refractivity contribution in [2.75, 3.05) is 42.5 Å². The summed E-state index contributed by atoms with van der Waals surface area (Å²) in [7, 11) is 0. The topological polar surface area (TPSA) is 66.3 Å². The van der Waals surface area contributed by atoms with Crippen LogP contribution >= 0.6 is 0 Å². The number of benzene rings is 1. The Balaban J connectivity index is 1.49. The number of carbonyl (C=O) groups is 1. The molecule has 1 amide bonds. The summed E-state index contributed by atoms with van der Waals surface area (Å²) in [6, 6.07) is 8.35. The van der Waals surface area contributed by atoms with Crippen LogP contribution in [0.4, 0.5) is 24.7 Å². The standard InChI is InChI=1S/C23H23F3N6O/c1-15-14-31(18-4-2-17(3-5-18)23(24,25)26)22(33)21-19(13-29-32(15)21)16-6-7-28-20(12-16)30-10-8-27-9-11-30/h2-7,12-13,15,27H,8-11,14H2,1H3/t15-/m0/s1. The van der Waals surface area contributed by atoms with E-state index in [9.17, 15) is 18.0 Å². The van der Waals surface area contributed by atoms with Gasteiger partial charge in [0.05, 0.1) is 17.8 Å². The summed E-state index contributed by atoms with van der Waals surface area (Å²) in [5.41, 5.74) is 1.61. The van der Waals surface area contributed by atoms with Crippen molar-refractivity contribution in [2.45, 2.75) is 19.1 Å². The number of anilines is 2. The van der Waals surface area contributed by atoms with Crippen LogP contribution < -0.4 is 15.1 Å². The van der Waals surface area contributed by atoms with E-state index < -0.39 is 11.7 Å². The van der Waals surface area contributed by atoms with E-state index in [-0.39, 0.29) is 11.9 Å². The number of halogens is 3. The molecule has 33 heavy (non-hydrogen) atoms. The molecule has 0 spiro atoms. The second-order valence-corrected chi connectivity index (χ2v) is 8.30. The Morgan fingerprint density at radius 1 is 1.09 bits per heavy atom. The molecule has 0 unspecified atom stereocenters. The molecule has 3 aromatic rings. The van der Waals surface area contributed by atoms with Crippen molar-refractivity contribution in [3.8, 4) is 11.1 Å². The lowest BCUT2D eigenvalue weighted by molar-refractivity contribution is -0.137. The highest BCUT2D eigenvalue weighted by Gasteiger charge is 2.35. The molecule has 1 aromatic carbocycles. The molecule has 10 heteroatoms. The number of alkyl halides is 3. The van der Waals surface area contributed by atoms with E-state index in [0.29, 0.717) is 23.5 Å². The summed E-state index contributed by atoms with van der Waals surface area (Å²) in [5, 5.41) is 7.77. The molecule has 172 valence electrons. The van der Waals surface area contributed by atoms with E-state index in [1.165, 1.54) is 17.0 Å². The molecule has 1 atom stereocenters. The molecule has 2 aliphatic heterocycles. The zero-order valence-electron chi connectivity index (χ0n) is 18.0.